The number of ether oxygens (including phenoxy) is 2. The molecule has 128 valence electrons. The van der Waals surface area contributed by atoms with Crippen molar-refractivity contribution >= 4 is 45.4 Å². The lowest BCUT2D eigenvalue weighted by Crippen LogP contribution is -2.31. The van der Waals surface area contributed by atoms with Gasteiger partial charge in [0.25, 0.3) is 5.91 Å². The van der Waals surface area contributed by atoms with Gasteiger partial charge in [-0.05, 0) is 35.9 Å². The fraction of sp³-hybridized carbons (Fsp3) is 0.118. The minimum Gasteiger partial charge on any atom is -0.454 e. The van der Waals surface area contributed by atoms with E-state index < -0.39 is 5.50 Å². The summed E-state index contributed by atoms with van der Waals surface area (Å²) < 4.78 is 25.2. The highest BCUT2D eigenvalue weighted by Gasteiger charge is 2.28. The standard InChI is InChI=1S/C17H12BrFN2O3S/c18-10-7-14-13(23-8-24-14)5-9(10)6-15-16(22)21-17(25-15)20-12-4-2-1-3-11(12)19/h1-7,17,20H,8H2,(H,21,22)/b15-6-. The number of thioether (sulfide) groups is 1. The summed E-state index contributed by atoms with van der Waals surface area (Å²) in [6, 6.07) is 9.95. The number of amides is 1. The first-order valence-corrected chi connectivity index (χ1v) is 9.07. The lowest BCUT2D eigenvalue weighted by molar-refractivity contribution is -0.116. The molecule has 1 atom stereocenters. The monoisotopic (exact) mass is 422 g/mol. The van der Waals surface area contributed by atoms with E-state index in [0.29, 0.717) is 22.1 Å². The highest BCUT2D eigenvalue weighted by molar-refractivity contribution is 9.10. The van der Waals surface area contributed by atoms with Gasteiger partial charge in [0.15, 0.2) is 17.0 Å². The van der Waals surface area contributed by atoms with Crippen molar-refractivity contribution in [1.82, 2.24) is 5.32 Å². The molecule has 2 aliphatic rings. The maximum Gasteiger partial charge on any atom is 0.260 e. The number of carbonyl (C=O) groups excluding carboxylic acids is 1. The van der Waals surface area contributed by atoms with Gasteiger partial charge in [-0.25, -0.2) is 4.39 Å². The molecule has 5 nitrogen and oxygen atoms in total. The van der Waals surface area contributed by atoms with Crippen molar-refractivity contribution in [2.45, 2.75) is 5.50 Å². The van der Waals surface area contributed by atoms with Crippen molar-refractivity contribution in [2.75, 3.05) is 12.1 Å². The number of anilines is 1. The summed E-state index contributed by atoms with van der Waals surface area (Å²) in [6.07, 6.45) is 1.76. The number of rotatable bonds is 3. The molecule has 0 aliphatic carbocycles. The van der Waals surface area contributed by atoms with Gasteiger partial charge in [-0.15, -0.1) is 0 Å². The minimum absolute atomic E-state index is 0.186. The molecule has 2 N–H and O–H groups in total. The van der Waals surface area contributed by atoms with E-state index >= 15 is 0 Å². The molecular weight excluding hydrogens is 411 g/mol. The fourth-order valence-corrected chi connectivity index (χ4v) is 3.87. The van der Waals surface area contributed by atoms with Gasteiger partial charge < -0.3 is 20.1 Å². The molecule has 2 aromatic carbocycles. The molecule has 2 heterocycles. The Morgan fingerprint density at radius 3 is 2.84 bits per heavy atom. The van der Waals surface area contributed by atoms with Gasteiger partial charge in [0, 0.05) is 4.47 Å². The average molecular weight is 423 g/mol. The number of benzene rings is 2. The van der Waals surface area contributed by atoms with Crippen LogP contribution in [0, 0.1) is 5.82 Å². The summed E-state index contributed by atoms with van der Waals surface area (Å²) in [5, 5.41) is 5.75. The van der Waals surface area contributed by atoms with Crippen LogP contribution < -0.4 is 20.1 Å². The van der Waals surface area contributed by atoms with Gasteiger partial charge in [0.05, 0.1) is 10.6 Å². The Bertz CT molecular complexity index is 890. The number of hydrogen-bond donors (Lipinski definition) is 2. The molecule has 2 aliphatic heterocycles. The number of para-hydroxylation sites is 1. The number of hydrogen-bond acceptors (Lipinski definition) is 5. The van der Waals surface area contributed by atoms with E-state index in [-0.39, 0.29) is 18.5 Å². The van der Waals surface area contributed by atoms with Crippen molar-refractivity contribution in [3.05, 3.63) is 57.2 Å². The third kappa shape index (κ3) is 3.32. The highest BCUT2D eigenvalue weighted by atomic mass is 79.9. The molecular formula is C17H12BrFN2O3S. The van der Waals surface area contributed by atoms with Crippen molar-refractivity contribution in [3.8, 4) is 11.5 Å². The minimum atomic E-state index is -0.441. The number of nitrogens with one attached hydrogen (secondary N) is 2. The van der Waals surface area contributed by atoms with Gasteiger partial charge in [-0.1, -0.05) is 39.8 Å². The average Bonchev–Trinajstić information content (AvgIpc) is 3.16. The second-order valence-corrected chi connectivity index (χ2v) is 7.33. The zero-order chi connectivity index (χ0) is 17.4. The number of carbonyl (C=O) groups is 1. The first-order chi connectivity index (χ1) is 12.1. The Kier molecular flexibility index (Phi) is 4.30. The van der Waals surface area contributed by atoms with Crippen LogP contribution in [0.2, 0.25) is 0 Å². The molecule has 1 saturated heterocycles. The first kappa shape index (κ1) is 16.3. The Morgan fingerprint density at radius 2 is 2.04 bits per heavy atom. The molecule has 0 aromatic heterocycles. The highest BCUT2D eigenvalue weighted by Crippen LogP contribution is 2.39. The molecule has 0 radical (unpaired) electrons. The van der Waals surface area contributed by atoms with E-state index in [9.17, 15) is 9.18 Å². The maximum absolute atomic E-state index is 13.7. The Balaban J connectivity index is 1.55. The second kappa shape index (κ2) is 6.61. The normalized spacial score (nSPS) is 20.0. The van der Waals surface area contributed by atoms with Crippen molar-refractivity contribution in [3.63, 3.8) is 0 Å². The van der Waals surface area contributed by atoms with Crippen LogP contribution in [0.4, 0.5) is 10.1 Å². The van der Waals surface area contributed by atoms with E-state index in [1.54, 1.807) is 30.3 Å². The van der Waals surface area contributed by atoms with Crippen molar-refractivity contribution < 1.29 is 18.7 Å². The summed E-state index contributed by atoms with van der Waals surface area (Å²) in [5.41, 5.74) is 0.697. The van der Waals surface area contributed by atoms with Crippen LogP contribution in [0.25, 0.3) is 6.08 Å². The van der Waals surface area contributed by atoms with E-state index in [4.69, 9.17) is 9.47 Å². The van der Waals surface area contributed by atoms with Crippen LogP contribution in [-0.2, 0) is 4.79 Å². The molecule has 1 fully saturated rings. The van der Waals surface area contributed by atoms with E-state index in [1.165, 1.54) is 17.8 Å². The summed E-state index contributed by atoms with van der Waals surface area (Å²) in [4.78, 5) is 12.7. The van der Waals surface area contributed by atoms with E-state index in [2.05, 4.69) is 26.6 Å². The van der Waals surface area contributed by atoms with Crippen molar-refractivity contribution in [2.24, 2.45) is 0 Å². The maximum atomic E-state index is 13.7. The third-order valence-electron chi connectivity index (χ3n) is 3.67. The molecule has 0 spiro atoms. The largest absolute Gasteiger partial charge is 0.454 e. The molecule has 25 heavy (non-hydrogen) atoms. The van der Waals surface area contributed by atoms with E-state index in [1.807, 2.05) is 6.07 Å². The predicted molar refractivity (Wildman–Crippen MR) is 97.8 cm³/mol. The molecule has 0 bridgehead atoms. The lowest BCUT2D eigenvalue weighted by atomic mass is 10.2. The van der Waals surface area contributed by atoms with Crippen LogP contribution in [0.5, 0.6) is 11.5 Å². The molecule has 0 saturated carbocycles. The zero-order valence-corrected chi connectivity index (χ0v) is 15.1. The molecule has 2 aromatic rings. The Hall–Kier alpha value is -2.19. The van der Waals surface area contributed by atoms with Gasteiger partial charge in [0.1, 0.15) is 5.82 Å². The number of halogens is 2. The van der Waals surface area contributed by atoms with Crippen LogP contribution >= 0.6 is 27.7 Å². The topological polar surface area (TPSA) is 59.6 Å². The van der Waals surface area contributed by atoms with Crippen LogP contribution in [0.15, 0.2) is 45.8 Å². The molecule has 1 unspecified atom stereocenters. The number of fused-ring (bicyclic) bond motifs is 1. The zero-order valence-electron chi connectivity index (χ0n) is 12.7. The van der Waals surface area contributed by atoms with Gasteiger partial charge in [0.2, 0.25) is 6.79 Å². The van der Waals surface area contributed by atoms with Crippen molar-refractivity contribution in [1.29, 1.82) is 0 Å². The predicted octanol–water partition coefficient (Wildman–Crippen LogP) is 3.92. The Morgan fingerprint density at radius 1 is 1.28 bits per heavy atom. The first-order valence-electron chi connectivity index (χ1n) is 7.39. The fourth-order valence-electron chi connectivity index (χ4n) is 2.47. The van der Waals surface area contributed by atoms with Gasteiger partial charge in [-0.2, -0.15) is 0 Å². The van der Waals surface area contributed by atoms with Crippen LogP contribution in [-0.4, -0.2) is 18.2 Å². The summed E-state index contributed by atoms with van der Waals surface area (Å²) >= 11 is 4.76. The molecule has 4 rings (SSSR count). The Labute approximate surface area is 155 Å². The molecule has 8 heteroatoms. The van der Waals surface area contributed by atoms with E-state index in [0.717, 1.165) is 10.0 Å². The summed E-state index contributed by atoms with van der Waals surface area (Å²) in [6.45, 7) is 0.186. The molecule has 1 amide bonds. The smallest absolute Gasteiger partial charge is 0.260 e. The SMILES string of the molecule is O=C1NC(Nc2ccccc2F)S/C1=C\c1cc2c(cc1Br)OCO2. The second-order valence-electron chi connectivity index (χ2n) is 5.33. The van der Waals surface area contributed by atoms with Gasteiger partial charge in [-0.3, -0.25) is 4.79 Å². The summed E-state index contributed by atoms with van der Waals surface area (Å²) in [5.74, 6) is 0.716. The van der Waals surface area contributed by atoms with Crippen LogP contribution in [0.1, 0.15) is 5.56 Å². The lowest BCUT2D eigenvalue weighted by Gasteiger charge is -2.13. The third-order valence-corrected chi connectivity index (χ3v) is 5.39. The summed E-state index contributed by atoms with van der Waals surface area (Å²) in [7, 11) is 0. The quantitative estimate of drug-likeness (QED) is 0.734. The van der Waals surface area contributed by atoms with Gasteiger partial charge >= 0.3 is 0 Å². The van der Waals surface area contributed by atoms with Crippen LogP contribution in [0.3, 0.4) is 0 Å².